The van der Waals surface area contributed by atoms with Gasteiger partial charge in [-0.05, 0) is 24.6 Å². The lowest BCUT2D eigenvalue weighted by Gasteiger charge is -2.49. The molecule has 90 valence electrons. The van der Waals surface area contributed by atoms with Gasteiger partial charge < -0.3 is 10.0 Å². The summed E-state index contributed by atoms with van der Waals surface area (Å²) in [5.74, 6) is 0.355. The van der Waals surface area contributed by atoms with Crippen LogP contribution in [-0.4, -0.2) is 18.2 Å². The summed E-state index contributed by atoms with van der Waals surface area (Å²) in [7, 11) is 0. The SMILES string of the molecule is C=C1[NH+]2CCC(CC2)C1(O)c1ccccc1C. The van der Waals surface area contributed by atoms with Crippen LogP contribution in [-0.2, 0) is 5.60 Å². The molecule has 4 rings (SSSR count). The Balaban J connectivity index is 2.12. The van der Waals surface area contributed by atoms with Crippen LogP contribution in [0.3, 0.4) is 0 Å². The topological polar surface area (TPSA) is 24.7 Å². The highest BCUT2D eigenvalue weighted by atomic mass is 16.3. The second-order valence-corrected chi connectivity index (χ2v) is 5.44. The molecule has 3 heterocycles. The second kappa shape index (κ2) is 3.69. The molecule has 0 spiro atoms. The molecule has 17 heavy (non-hydrogen) atoms. The van der Waals surface area contributed by atoms with E-state index in [4.69, 9.17) is 0 Å². The number of piperidine rings is 3. The van der Waals surface area contributed by atoms with Gasteiger partial charge >= 0.3 is 0 Å². The molecule has 0 aromatic heterocycles. The summed E-state index contributed by atoms with van der Waals surface area (Å²) < 4.78 is 0. The van der Waals surface area contributed by atoms with Crippen LogP contribution in [0.5, 0.6) is 0 Å². The van der Waals surface area contributed by atoms with E-state index in [1.54, 1.807) is 0 Å². The number of aryl methyl sites for hydroxylation is 1. The average molecular weight is 230 g/mol. The molecular weight excluding hydrogens is 210 g/mol. The van der Waals surface area contributed by atoms with E-state index in [1.165, 1.54) is 10.5 Å². The predicted molar refractivity (Wildman–Crippen MR) is 67.6 cm³/mol. The minimum absolute atomic E-state index is 0.355. The molecule has 3 fully saturated rings. The highest BCUT2D eigenvalue weighted by Gasteiger charge is 2.53. The molecule has 2 heteroatoms. The molecule has 1 aromatic rings. The van der Waals surface area contributed by atoms with E-state index in [0.717, 1.165) is 37.2 Å². The molecule has 3 aliphatic heterocycles. The molecule has 2 N–H and O–H groups in total. The number of rotatable bonds is 1. The van der Waals surface area contributed by atoms with Gasteiger partial charge in [-0.15, -0.1) is 0 Å². The van der Waals surface area contributed by atoms with E-state index >= 15 is 0 Å². The summed E-state index contributed by atoms with van der Waals surface area (Å²) in [5.41, 5.74) is 2.42. The Bertz CT molecular complexity index is 460. The number of benzene rings is 1. The minimum atomic E-state index is -0.794. The summed E-state index contributed by atoms with van der Waals surface area (Å²) in [6.45, 7) is 8.53. The molecule has 1 aromatic carbocycles. The van der Waals surface area contributed by atoms with Crippen molar-refractivity contribution in [3.05, 3.63) is 47.7 Å². The van der Waals surface area contributed by atoms with Crippen LogP contribution >= 0.6 is 0 Å². The zero-order chi connectivity index (χ0) is 12.0. The van der Waals surface area contributed by atoms with Crippen molar-refractivity contribution in [3.8, 4) is 0 Å². The Kier molecular flexibility index (Phi) is 2.39. The molecule has 0 saturated carbocycles. The molecule has 3 saturated heterocycles. The number of hydrogen-bond donors (Lipinski definition) is 2. The van der Waals surface area contributed by atoms with Crippen molar-refractivity contribution >= 4 is 0 Å². The van der Waals surface area contributed by atoms with Crippen LogP contribution in [0.25, 0.3) is 0 Å². The van der Waals surface area contributed by atoms with Gasteiger partial charge in [-0.2, -0.15) is 0 Å². The van der Waals surface area contributed by atoms with Gasteiger partial charge in [0.15, 0.2) is 5.60 Å². The van der Waals surface area contributed by atoms with E-state index in [1.807, 2.05) is 12.1 Å². The summed E-state index contributed by atoms with van der Waals surface area (Å²) in [5, 5.41) is 11.2. The van der Waals surface area contributed by atoms with Crippen molar-refractivity contribution < 1.29 is 10.0 Å². The monoisotopic (exact) mass is 230 g/mol. The van der Waals surface area contributed by atoms with Crippen LogP contribution in [0.4, 0.5) is 0 Å². The quantitative estimate of drug-likeness (QED) is 0.739. The number of nitrogens with one attached hydrogen (secondary N) is 1. The highest BCUT2D eigenvalue weighted by Crippen LogP contribution is 2.42. The van der Waals surface area contributed by atoms with Crippen LogP contribution in [0, 0.1) is 12.8 Å². The predicted octanol–water partition coefficient (Wildman–Crippen LogP) is 1.00. The van der Waals surface area contributed by atoms with Gasteiger partial charge in [0.1, 0.15) is 5.70 Å². The Morgan fingerprint density at radius 1 is 1.29 bits per heavy atom. The fourth-order valence-corrected chi connectivity index (χ4v) is 3.58. The fraction of sp³-hybridized carbons (Fsp3) is 0.467. The number of hydrogen-bond acceptors (Lipinski definition) is 1. The first-order chi connectivity index (χ1) is 8.14. The number of fused-ring (bicyclic) bond motifs is 3. The molecule has 3 aliphatic rings. The van der Waals surface area contributed by atoms with E-state index < -0.39 is 5.60 Å². The molecule has 0 aliphatic carbocycles. The molecule has 1 unspecified atom stereocenters. The van der Waals surface area contributed by atoms with Gasteiger partial charge in [0.2, 0.25) is 0 Å². The lowest BCUT2D eigenvalue weighted by Crippen LogP contribution is -3.15. The maximum Gasteiger partial charge on any atom is 0.166 e. The molecule has 2 nitrogen and oxygen atoms in total. The summed E-state index contributed by atoms with van der Waals surface area (Å²) in [6, 6.07) is 8.18. The fourth-order valence-electron chi connectivity index (χ4n) is 3.58. The molecule has 1 atom stereocenters. The van der Waals surface area contributed by atoms with Crippen molar-refractivity contribution in [3.63, 3.8) is 0 Å². The summed E-state index contributed by atoms with van der Waals surface area (Å²) in [6.07, 6.45) is 2.22. The Hall–Kier alpha value is -1.12. The van der Waals surface area contributed by atoms with Crippen molar-refractivity contribution in [1.82, 2.24) is 0 Å². The van der Waals surface area contributed by atoms with Crippen LogP contribution < -0.4 is 4.90 Å². The summed E-state index contributed by atoms with van der Waals surface area (Å²) in [4.78, 5) is 1.39. The van der Waals surface area contributed by atoms with E-state index in [-0.39, 0.29) is 0 Å². The third-order valence-corrected chi connectivity index (χ3v) is 4.62. The van der Waals surface area contributed by atoms with E-state index in [2.05, 4.69) is 25.6 Å². The Morgan fingerprint density at radius 3 is 2.53 bits per heavy atom. The smallest absolute Gasteiger partial charge is 0.166 e. The zero-order valence-corrected chi connectivity index (χ0v) is 10.4. The lowest BCUT2D eigenvalue weighted by molar-refractivity contribution is -0.886. The normalized spacial score (nSPS) is 36.2. The van der Waals surface area contributed by atoms with Crippen molar-refractivity contribution in [1.29, 1.82) is 0 Å². The van der Waals surface area contributed by atoms with Gasteiger partial charge in [-0.3, -0.25) is 0 Å². The maximum absolute atomic E-state index is 11.2. The number of quaternary nitrogens is 1. The van der Waals surface area contributed by atoms with Crippen molar-refractivity contribution in [2.75, 3.05) is 13.1 Å². The maximum atomic E-state index is 11.2. The minimum Gasteiger partial charge on any atom is -0.375 e. The van der Waals surface area contributed by atoms with Gasteiger partial charge in [0.05, 0.1) is 13.1 Å². The Labute approximate surface area is 103 Å². The van der Waals surface area contributed by atoms with Crippen LogP contribution in [0.1, 0.15) is 24.0 Å². The van der Waals surface area contributed by atoms with Gasteiger partial charge in [-0.1, -0.05) is 24.3 Å². The third kappa shape index (κ3) is 1.41. The first-order valence-corrected chi connectivity index (χ1v) is 6.47. The van der Waals surface area contributed by atoms with Crippen LogP contribution in [0.15, 0.2) is 36.5 Å². The van der Waals surface area contributed by atoms with Crippen LogP contribution in [0.2, 0.25) is 0 Å². The van der Waals surface area contributed by atoms with Gasteiger partial charge in [0, 0.05) is 18.8 Å². The Morgan fingerprint density at radius 2 is 1.94 bits per heavy atom. The molecular formula is C15H20NO+. The first-order valence-electron chi connectivity index (χ1n) is 6.47. The highest BCUT2D eigenvalue weighted by molar-refractivity contribution is 5.37. The standard InChI is InChI=1S/C15H19NO/c1-11-5-3-4-6-14(11)15(17)12(2)16-9-7-13(15)8-10-16/h3-6,13,17H,2,7-10H2,1H3/p+1. The van der Waals surface area contributed by atoms with Gasteiger partial charge in [-0.25, -0.2) is 0 Å². The summed E-state index contributed by atoms with van der Waals surface area (Å²) >= 11 is 0. The number of aliphatic hydroxyl groups is 1. The van der Waals surface area contributed by atoms with E-state index in [0.29, 0.717) is 5.92 Å². The second-order valence-electron chi connectivity index (χ2n) is 5.44. The molecule has 0 amide bonds. The third-order valence-electron chi connectivity index (χ3n) is 4.62. The largest absolute Gasteiger partial charge is 0.375 e. The first kappa shape index (κ1) is 11.0. The van der Waals surface area contributed by atoms with Gasteiger partial charge in [0.25, 0.3) is 0 Å². The lowest BCUT2D eigenvalue weighted by atomic mass is 9.69. The van der Waals surface area contributed by atoms with Crippen molar-refractivity contribution in [2.24, 2.45) is 5.92 Å². The molecule has 2 bridgehead atoms. The molecule has 0 radical (unpaired) electrons. The zero-order valence-electron chi connectivity index (χ0n) is 10.4. The average Bonchev–Trinajstić information content (AvgIpc) is 2.36. The van der Waals surface area contributed by atoms with E-state index in [9.17, 15) is 5.11 Å². The van der Waals surface area contributed by atoms with Crippen molar-refractivity contribution in [2.45, 2.75) is 25.4 Å².